The lowest BCUT2D eigenvalue weighted by atomic mass is 9.79. The van der Waals surface area contributed by atoms with Crippen LogP contribution in [0.5, 0.6) is 0 Å². The molecule has 0 aromatic carbocycles. The van der Waals surface area contributed by atoms with Gasteiger partial charge in [-0.1, -0.05) is 13.3 Å². The summed E-state index contributed by atoms with van der Waals surface area (Å²) in [6.07, 6.45) is 9.95. The predicted molar refractivity (Wildman–Crippen MR) is 67.3 cm³/mol. The second-order valence-corrected chi connectivity index (χ2v) is 6.50. The quantitative estimate of drug-likeness (QED) is 0.794. The molecule has 0 atom stereocenters. The van der Waals surface area contributed by atoms with Crippen LogP contribution in [-0.2, 0) is 0 Å². The average Bonchev–Trinajstić information content (AvgIpc) is 3.09. The first-order chi connectivity index (χ1) is 7.71. The summed E-state index contributed by atoms with van der Waals surface area (Å²) in [7, 11) is 0. The molecule has 3 fully saturated rings. The van der Waals surface area contributed by atoms with Gasteiger partial charge in [0, 0.05) is 24.7 Å². The zero-order valence-corrected chi connectivity index (χ0v) is 10.6. The maximum absolute atomic E-state index is 6.42. The van der Waals surface area contributed by atoms with E-state index in [-0.39, 0.29) is 5.54 Å². The fourth-order valence-corrected chi connectivity index (χ4v) is 3.80. The van der Waals surface area contributed by atoms with E-state index in [1.165, 1.54) is 58.0 Å². The maximum atomic E-state index is 6.42. The molecule has 0 amide bonds. The van der Waals surface area contributed by atoms with Gasteiger partial charge >= 0.3 is 0 Å². The molecule has 0 aromatic rings. The van der Waals surface area contributed by atoms with Gasteiger partial charge < -0.3 is 5.73 Å². The van der Waals surface area contributed by atoms with Crippen LogP contribution in [0.25, 0.3) is 0 Å². The number of hydrogen-bond donors (Lipinski definition) is 1. The monoisotopic (exact) mass is 222 g/mol. The van der Waals surface area contributed by atoms with E-state index >= 15 is 0 Å². The first kappa shape index (κ1) is 11.0. The van der Waals surface area contributed by atoms with E-state index in [1.807, 2.05) is 0 Å². The zero-order chi connectivity index (χ0) is 11.2. The Labute approximate surface area is 99.6 Å². The molecule has 0 unspecified atom stereocenters. The SMILES string of the molecule is CCC1CCC(N2CC(N)(C3CC3)C2)CC1. The van der Waals surface area contributed by atoms with Crippen LogP contribution in [-0.4, -0.2) is 29.6 Å². The van der Waals surface area contributed by atoms with Crippen molar-refractivity contribution in [2.45, 2.75) is 63.5 Å². The van der Waals surface area contributed by atoms with Crippen LogP contribution in [0.4, 0.5) is 0 Å². The highest BCUT2D eigenvalue weighted by Gasteiger charge is 2.51. The van der Waals surface area contributed by atoms with Crippen molar-refractivity contribution in [2.24, 2.45) is 17.6 Å². The van der Waals surface area contributed by atoms with Gasteiger partial charge in [-0.2, -0.15) is 0 Å². The Kier molecular flexibility index (Phi) is 2.75. The molecule has 16 heavy (non-hydrogen) atoms. The molecule has 2 N–H and O–H groups in total. The third kappa shape index (κ3) is 1.91. The molecule has 0 spiro atoms. The average molecular weight is 222 g/mol. The largest absolute Gasteiger partial charge is 0.323 e. The Bertz CT molecular complexity index is 245. The Balaban J connectivity index is 1.46. The molecule has 0 aromatic heterocycles. The van der Waals surface area contributed by atoms with Crippen molar-refractivity contribution in [3.8, 4) is 0 Å². The van der Waals surface area contributed by atoms with Gasteiger partial charge in [0.15, 0.2) is 0 Å². The molecule has 1 saturated heterocycles. The smallest absolute Gasteiger partial charge is 0.0441 e. The lowest BCUT2D eigenvalue weighted by Gasteiger charge is -2.53. The van der Waals surface area contributed by atoms with Crippen LogP contribution in [0.2, 0.25) is 0 Å². The highest BCUT2D eigenvalue weighted by molar-refractivity contribution is 5.10. The molecule has 1 aliphatic heterocycles. The predicted octanol–water partition coefficient (Wildman–Crippen LogP) is 2.38. The van der Waals surface area contributed by atoms with Crippen molar-refractivity contribution in [1.29, 1.82) is 0 Å². The van der Waals surface area contributed by atoms with Gasteiger partial charge in [0.05, 0.1) is 0 Å². The summed E-state index contributed by atoms with van der Waals surface area (Å²) < 4.78 is 0. The first-order valence-corrected chi connectivity index (χ1v) is 7.24. The molecule has 0 bridgehead atoms. The van der Waals surface area contributed by atoms with Crippen LogP contribution in [0.1, 0.15) is 51.9 Å². The van der Waals surface area contributed by atoms with E-state index < -0.39 is 0 Å². The summed E-state index contributed by atoms with van der Waals surface area (Å²) in [6, 6.07) is 0.873. The Morgan fingerprint density at radius 2 is 1.69 bits per heavy atom. The molecule has 3 aliphatic rings. The molecule has 2 aliphatic carbocycles. The maximum Gasteiger partial charge on any atom is 0.0441 e. The minimum absolute atomic E-state index is 0.224. The van der Waals surface area contributed by atoms with E-state index in [1.54, 1.807) is 0 Å². The topological polar surface area (TPSA) is 29.3 Å². The van der Waals surface area contributed by atoms with Gasteiger partial charge in [0.2, 0.25) is 0 Å². The van der Waals surface area contributed by atoms with Crippen molar-refractivity contribution in [1.82, 2.24) is 4.90 Å². The normalized spacial score (nSPS) is 39.4. The number of nitrogens with two attached hydrogens (primary N) is 1. The molecule has 3 rings (SSSR count). The van der Waals surface area contributed by atoms with Gasteiger partial charge in [0.1, 0.15) is 0 Å². The van der Waals surface area contributed by atoms with Crippen molar-refractivity contribution < 1.29 is 0 Å². The summed E-state index contributed by atoms with van der Waals surface area (Å²) in [6.45, 7) is 4.73. The van der Waals surface area contributed by atoms with Gasteiger partial charge in [0.25, 0.3) is 0 Å². The van der Waals surface area contributed by atoms with Crippen molar-refractivity contribution in [3.63, 3.8) is 0 Å². The first-order valence-electron chi connectivity index (χ1n) is 7.24. The highest BCUT2D eigenvalue weighted by Crippen LogP contribution is 2.44. The van der Waals surface area contributed by atoms with Gasteiger partial charge in [-0.25, -0.2) is 0 Å². The standard InChI is InChI=1S/C14H26N2/c1-2-11-3-7-13(8-4-11)16-9-14(15,10-16)12-5-6-12/h11-13H,2-10,15H2,1H3. The second kappa shape index (κ2) is 3.99. The minimum Gasteiger partial charge on any atom is -0.323 e. The molecular formula is C14H26N2. The van der Waals surface area contributed by atoms with Crippen LogP contribution in [0.3, 0.4) is 0 Å². The fraction of sp³-hybridized carbons (Fsp3) is 1.00. The molecule has 2 saturated carbocycles. The Hall–Kier alpha value is -0.0800. The van der Waals surface area contributed by atoms with Crippen LogP contribution in [0, 0.1) is 11.8 Å². The minimum atomic E-state index is 0.224. The van der Waals surface area contributed by atoms with Crippen LogP contribution in [0.15, 0.2) is 0 Å². The molecule has 92 valence electrons. The molecular weight excluding hydrogens is 196 g/mol. The van der Waals surface area contributed by atoms with Gasteiger partial charge in [-0.3, -0.25) is 4.90 Å². The summed E-state index contributed by atoms with van der Waals surface area (Å²) in [5.74, 6) is 1.89. The van der Waals surface area contributed by atoms with Crippen molar-refractivity contribution in [3.05, 3.63) is 0 Å². The molecule has 2 nitrogen and oxygen atoms in total. The second-order valence-electron chi connectivity index (χ2n) is 6.50. The van der Waals surface area contributed by atoms with E-state index in [0.717, 1.165) is 17.9 Å². The van der Waals surface area contributed by atoms with Gasteiger partial charge in [-0.15, -0.1) is 0 Å². The van der Waals surface area contributed by atoms with Crippen LogP contribution < -0.4 is 5.73 Å². The highest BCUT2D eigenvalue weighted by atomic mass is 15.3. The summed E-state index contributed by atoms with van der Waals surface area (Å²) in [5, 5.41) is 0. The number of rotatable bonds is 3. The Morgan fingerprint density at radius 3 is 2.19 bits per heavy atom. The van der Waals surface area contributed by atoms with Gasteiger partial charge in [-0.05, 0) is 50.4 Å². The number of hydrogen-bond acceptors (Lipinski definition) is 2. The van der Waals surface area contributed by atoms with E-state index in [2.05, 4.69) is 11.8 Å². The van der Waals surface area contributed by atoms with Crippen molar-refractivity contribution in [2.75, 3.05) is 13.1 Å². The number of nitrogens with zero attached hydrogens (tertiary/aromatic N) is 1. The van der Waals surface area contributed by atoms with E-state index in [4.69, 9.17) is 5.73 Å². The third-order valence-electron chi connectivity index (χ3n) is 5.30. The van der Waals surface area contributed by atoms with Crippen LogP contribution >= 0.6 is 0 Å². The van der Waals surface area contributed by atoms with E-state index in [0.29, 0.717) is 0 Å². The third-order valence-corrected chi connectivity index (χ3v) is 5.30. The fourth-order valence-electron chi connectivity index (χ4n) is 3.80. The molecule has 1 heterocycles. The lowest BCUT2D eigenvalue weighted by Crippen LogP contribution is -2.70. The molecule has 0 radical (unpaired) electrons. The number of likely N-dealkylation sites (tertiary alicyclic amines) is 1. The lowest BCUT2D eigenvalue weighted by molar-refractivity contribution is -0.00256. The summed E-state index contributed by atoms with van der Waals surface area (Å²) in [4.78, 5) is 2.67. The zero-order valence-electron chi connectivity index (χ0n) is 10.6. The summed E-state index contributed by atoms with van der Waals surface area (Å²) in [5.41, 5.74) is 6.64. The molecule has 2 heteroatoms. The summed E-state index contributed by atoms with van der Waals surface area (Å²) >= 11 is 0. The van der Waals surface area contributed by atoms with E-state index in [9.17, 15) is 0 Å². The Morgan fingerprint density at radius 1 is 1.06 bits per heavy atom. The van der Waals surface area contributed by atoms with Crippen molar-refractivity contribution >= 4 is 0 Å².